The van der Waals surface area contributed by atoms with E-state index in [4.69, 9.17) is 11.6 Å². The number of halogens is 2. The smallest absolute Gasteiger partial charge is 0.264 e. The van der Waals surface area contributed by atoms with Gasteiger partial charge in [0.05, 0.1) is 25.9 Å². The number of rotatable bonds is 4. The van der Waals surface area contributed by atoms with Gasteiger partial charge in [-0.1, -0.05) is 23.7 Å². The van der Waals surface area contributed by atoms with Crippen molar-refractivity contribution in [3.63, 3.8) is 0 Å². The van der Waals surface area contributed by atoms with Gasteiger partial charge in [0.2, 0.25) is 5.91 Å². The maximum absolute atomic E-state index is 12.1. The number of hydrogen-bond acceptors (Lipinski definition) is 3. The van der Waals surface area contributed by atoms with Gasteiger partial charge in [-0.3, -0.25) is 9.59 Å². The van der Waals surface area contributed by atoms with Gasteiger partial charge in [0, 0.05) is 7.05 Å². The molecule has 1 N–H and O–H groups in total. The van der Waals surface area contributed by atoms with E-state index in [9.17, 15) is 9.59 Å². The highest BCUT2D eigenvalue weighted by Crippen LogP contribution is 2.23. The van der Waals surface area contributed by atoms with Gasteiger partial charge in [0.25, 0.3) is 5.91 Å². The lowest BCUT2D eigenvalue weighted by Gasteiger charge is -2.16. The molecular weight excluding hydrogens is 376 g/mol. The first-order valence-corrected chi connectivity index (χ1v) is 8.01. The van der Waals surface area contributed by atoms with E-state index in [0.717, 1.165) is 3.79 Å². The highest BCUT2D eigenvalue weighted by Gasteiger charge is 2.17. The first-order chi connectivity index (χ1) is 9.97. The van der Waals surface area contributed by atoms with E-state index in [1.807, 2.05) is 0 Å². The predicted octanol–water partition coefficient (Wildman–Crippen LogP) is 3.87. The monoisotopic (exact) mass is 386 g/mol. The van der Waals surface area contributed by atoms with Gasteiger partial charge >= 0.3 is 0 Å². The lowest BCUT2D eigenvalue weighted by atomic mass is 10.3. The van der Waals surface area contributed by atoms with Crippen LogP contribution in [0.4, 0.5) is 5.69 Å². The van der Waals surface area contributed by atoms with Gasteiger partial charge in [-0.25, -0.2) is 0 Å². The minimum absolute atomic E-state index is 0.0421. The second kappa shape index (κ2) is 7.06. The Kier molecular flexibility index (Phi) is 5.39. The summed E-state index contributed by atoms with van der Waals surface area (Å²) in [6.07, 6.45) is 0. The van der Waals surface area contributed by atoms with Crippen LogP contribution in [0.25, 0.3) is 0 Å². The molecule has 1 aromatic carbocycles. The van der Waals surface area contributed by atoms with Crippen LogP contribution in [0.15, 0.2) is 40.2 Å². The van der Waals surface area contributed by atoms with Gasteiger partial charge < -0.3 is 10.2 Å². The fourth-order valence-electron chi connectivity index (χ4n) is 1.66. The quantitative estimate of drug-likeness (QED) is 0.865. The van der Waals surface area contributed by atoms with Crippen LogP contribution in [0.5, 0.6) is 0 Å². The largest absolute Gasteiger partial charge is 0.332 e. The van der Waals surface area contributed by atoms with Gasteiger partial charge in [-0.2, -0.15) is 0 Å². The van der Waals surface area contributed by atoms with Gasteiger partial charge in [0.1, 0.15) is 0 Å². The number of para-hydroxylation sites is 1. The Balaban J connectivity index is 1.96. The lowest BCUT2D eigenvalue weighted by molar-refractivity contribution is -0.116. The van der Waals surface area contributed by atoms with E-state index in [2.05, 4.69) is 21.2 Å². The highest BCUT2D eigenvalue weighted by atomic mass is 79.9. The maximum Gasteiger partial charge on any atom is 0.264 e. The minimum atomic E-state index is -0.297. The molecule has 2 aromatic rings. The summed E-state index contributed by atoms with van der Waals surface area (Å²) in [6.45, 7) is -0.0421. The third-order valence-corrected chi connectivity index (χ3v) is 4.60. The molecule has 0 aliphatic heterocycles. The third kappa shape index (κ3) is 4.30. The number of hydrogen-bond donors (Lipinski definition) is 1. The molecule has 0 fully saturated rings. The van der Waals surface area contributed by atoms with Crippen LogP contribution >= 0.6 is 38.9 Å². The SMILES string of the molecule is CN(CC(=O)Nc1ccccc1Cl)C(=O)c1ccc(Br)s1. The Hall–Kier alpha value is -1.37. The van der Waals surface area contributed by atoms with Crippen molar-refractivity contribution in [3.8, 4) is 0 Å². The Bertz CT molecular complexity index is 674. The summed E-state index contributed by atoms with van der Waals surface area (Å²) in [5.74, 6) is -0.491. The maximum atomic E-state index is 12.1. The molecule has 1 aromatic heterocycles. The van der Waals surface area contributed by atoms with Crippen LogP contribution in [0.2, 0.25) is 5.02 Å². The van der Waals surface area contributed by atoms with Crippen molar-refractivity contribution in [1.29, 1.82) is 0 Å². The molecule has 2 amide bonds. The molecule has 21 heavy (non-hydrogen) atoms. The molecule has 0 saturated carbocycles. The predicted molar refractivity (Wildman–Crippen MR) is 89.1 cm³/mol. The average Bonchev–Trinajstić information content (AvgIpc) is 2.87. The molecule has 0 atom stereocenters. The van der Waals surface area contributed by atoms with Crippen LogP contribution in [0.3, 0.4) is 0 Å². The minimum Gasteiger partial charge on any atom is -0.332 e. The molecule has 0 spiro atoms. The Morgan fingerprint density at radius 3 is 2.62 bits per heavy atom. The molecule has 0 radical (unpaired) electrons. The van der Waals surface area contributed by atoms with Crippen molar-refractivity contribution in [3.05, 3.63) is 50.1 Å². The Labute approximate surface area is 139 Å². The number of carbonyl (C=O) groups excluding carboxylic acids is 2. The van der Waals surface area contributed by atoms with E-state index in [-0.39, 0.29) is 18.4 Å². The number of amides is 2. The van der Waals surface area contributed by atoms with Crippen LogP contribution in [0.1, 0.15) is 9.67 Å². The normalized spacial score (nSPS) is 10.2. The summed E-state index contributed by atoms with van der Waals surface area (Å²) in [5.41, 5.74) is 0.531. The molecule has 7 heteroatoms. The molecule has 4 nitrogen and oxygen atoms in total. The second-order valence-electron chi connectivity index (χ2n) is 4.29. The zero-order chi connectivity index (χ0) is 15.4. The fourth-order valence-corrected chi connectivity index (χ4v) is 3.22. The van der Waals surface area contributed by atoms with Crippen LogP contribution < -0.4 is 5.32 Å². The van der Waals surface area contributed by atoms with Crippen LogP contribution in [0, 0.1) is 0 Å². The van der Waals surface area contributed by atoms with E-state index in [1.54, 1.807) is 43.4 Å². The van der Waals surface area contributed by atoms with Crippen molar-refractivity contribution in [1.82, 2.24) is 4.90 Å². The average molecular weight is 388 g/mol. The van der Waals surface area contributed by atoms with Crippen molar-refractivity contribution in [2.75, 3.05) is 18.9 Å². The summed E-state index contributed by atoms with van der Waals surface area (Å²) in [7, 11) is 1.59. The summed E-state index contributed by atoms with van der Waals surface area (Å²) >= 11 is 10.6. The van der Waals surface area contributed by atoms with Gasteiger partial charge in [0.15, 0.2) is 0 Å². The Morgan fingerprint density at radius 2 is 2.00 bits per heavy atom. The van der Waals surface area contributed by atoms with E-state index >= 15 is 0 Å². The second-order valence-corrected chi connectivity index (χ2v) is 7.16. The Morgan fingerprint density at radius 1 is 1.29 bits per heavy atom. The fraction of sp³-hybridized carbons (Fsp3) is 0.143. The highest BCUT2D eigenvalue weighted by molar-refractivity contribution is 9.11. The van der Waals surface area contributed by atoms with Gasteiger partial charge in [-0.15, -0.1) is 11.3 Å². The number of carbonyl (C=O) groups is 2. The summed E-state index contributed by atoms with van der Waals surface area (Å²) in [6, 6.07) is 10.5. The molecule has 0 bridgehead atoms. The van der Waals surface area contributed by atoms with Crippen LogP contribution in [-0.4, -0.2) is 30.3 Å². The third-order valence-electron chi connectivity index (χ3n) is 2.66. The number of nitrogens with zero attached hydrogens (tertiary/aromatic N) is 1. The van der Waals surface area contributed by atoms with E-state index in [0.29, 0.717) is 15.6 Å². The molecule has 0 aliphatic carbocycles. The van der Waals surface area contributed by atoms with Crippen LogP contribution in [-0.2, 0) is 4.79 Å². The van der Waals surface area contributed by atoms with Crippen molar-refractivity contribution >= 4 is 56.4 Å². The van der Waals surface area contributed by atoms with Gasteiger partial charge in [-0.05, 0) is 40.2 Å². The number of thiophene rings is 1. The molecule has 0 saturated heterocycles. The van der Waals surface area contributed by atoms with E-state index < -0.39 is 0 Å². The molecular formula is C14H12BrClN2O2S. The first kappa shape index (κ1) is 16.0. The number of anilines is 1. The molecule has 1 heterocycles. The van der Waals surface area contributed by atoms with Crippen molar-refractivity contribution in [2.45, 2.75) is 0 Å². The standard InChI is InChI=1S/C14H12BrClN2O2S/c1-18(14(20)11-6-7-12(15)21-11)8-13(19)17-10-5-3-2-4-9(10)16/h2-7H,8H2,1H3,(H,17,19). The molecule has 2 rings (SSSR count). The zero-order valence-corrected chi connectivity index (χ0v) is 14.3. The molecule has 0 aliphatic rings. The van der Waals surface area contributed by atoms with Crippen molar-refractivity contribution < 1.29 is 9.59 Å². The van der Waals surface area contributed by atoms with Crippen molar-refractivity contribution in [2.24, 2.45) is 0 Å². The summed E-state index contributed by atoms with van der Waals surface area (Å²) in [4.78, 5) is 26.0. The van der Waals surface area contributed by atoms with E-state index in [1.165, 1.54) is 16.2 Å². The number of nitrogens with one attached hydrogen (secondary N) is 1. The zero-order valence-electron chi connectivity index (χ0n) is 11.1. The molecule has 110 valence electrons. The number of benzene rings is 1. The lowest BCUT2D eigenvalue weighted by Crippen LogP contribution is -2.34. The topological polar surface area (TPSA) is 49.4 Å². The first-order valence-electron chi connectivity index (χ1n) is 6.02. The summed E-state index contributed by atoms with van der Waals surface area (Å²) < 4.78 is 0.875. The number of likely N-dealkylation sites (N-methyl/N-ethyl adjacent to an activating group) is 1. The molecule has 0 unspecified atom stereocenters. The summed E-state index contributed by atoms with van der Waals surface area (Å²) in [5, 5.41) is 3.14.